The van der Waals surface area contributed by atoms with Crippen LogP contribution >= 0.6 is 0 Å². The van der Waals surface area contributed by atoms with Gasteiger partial charge in [-0.3, -0.25) is 4.79 Å². The average Bonchev–Trinajstić information content (AvgIpc) is 2.51. The number of hydrogen-bond donors (Lipinski definition) is 1. The lowest BCUT2D eigenvalue weighted by Crippen LogP contribution is -2.02. The maximum absolute atomic E-state index is 11.9. The highest BCUT2D eigenvalue weighted by molar-refractivity contribution is 5.78. The zero-order valence-corrected chi connectivity index (χ0v) is 12.3. The third-order valence-electron chi connectivity index (χ3n) is 3.50. The van der Waals surface area contributed by atoms with Crippen LogP contribution in [0.2, 0.25) is 0 Å². The van der Waals surface area contributed by atoms with E-state index in [4.69, 9.17) is 10.5 Å². The summed E-state index contributed by atoms with van der Waals surface area (Å²) in [6.45, 7) is 0. The number of methoxy groups -OCH3 is 1. The number of aryl methyl sites for hydroxylation is 2. The Morgan fingerprint density at radius 2 is 1.67 bits per heavy atom. The molecule has 3 nitrogen and oxygen atoms in total. The molecule has 0 amide bonds. The largest absolute Gasteiger partial charge is 0.497 e. The van der Waals surface area contributed by atoms with E-state index in [1.807, 2.05) is 48.5 Å². The summed E-state index contributed by atoms with van der Waals surface area (Å²) in [5.74, 6) is 1.12. The maximum atomic E-state index is 11.9. The molecule has 0 aliphatic rings. The number of carbonyl (C=O) groups excluding carboxylic acids is 1. The Morgan fingerprint density at radius 3 is 2.29 bits per heavy atom. The predicted octanol–water partition coefficient (Wildman–Crippen LogP) is 3.41. The highest BCUT2D eigenvalue weighted by Gasteiger charge is 2.04. The van der Waals surface area contributed by atoms with Crippen molar-refractivity contribution in [2.75, 3.05) is 12.8 Å². The van der Waals surface area contributed by atoms with Gasteiger partial charge in [0.05, 0.1) is 7.11 Å². The molecule has 0 saturated carbocycles. The van der Waals surface area contributed by atoms with E-state index in [2.05, 4.69) is 0 Å². The van der Waals surface area contributed by atoms with E-state index in [0.29, 0.717) is 12.8 Å². The molecule has 0 fully saturated rings. The number of hydrogen-bond acceptors (Lipinski definition) is 3. The lowest BCUT2D eigenvalue weighted by molar-refractivity contribution is -0.119. The Bertz CT molecular complexity index is 590. The summed E-state index contributed by atoms with van der Waals surface area (Å²) in [4.78, 5) is 11.9. The van der Waals surface area contributed by atoms with E-state index < -0.39 is 0 Å². The second-order valence-corrected chi connectivity index (χ2v) is 5.13. The normalized spacial score (nSPS) is 10.3. The molecule has 2 aromatic carbocycles. The molecule has 2 aromatic rings. The summed E-state index contributed by atoms with van der Waals surface area (Å²) < 4.78 is 5.11. The van der Waals surface area contributed by atoms with Crippen LogP contribution in [0.3, 0.4) is 0 Å². The fourth-order valence-corrected chi connectivity index (χ4v) is 2.23. The Balaban J connectivity index is 1.76. The highest BCUT2D eigenvalue weighted by Crippen LogP contribution is 2.14. The van der Waals surface area contributed by atoms with E-state index in [1.54, 1.807) is 7.11 Å². The maximum Gasteiger partial charge on any atom is 0.133 e. The Morgan fingerprint density at radius 1 is 1.00 bits per heavy atom. The van der Waals surface area contributed by atoms with Crippen molar-refractivity contribution in [3.8, 4) is 5.75 Å². The summed E-state index contributed by atoms with van der Waals surface area (Å²) in [5.41, 5.74) is 8.76. The molecular formula is C18H21NO2. The number of ketones is 1. The predicted molar refractivity (Wildman–Crippen MR) is 85.5 cm³/mol. The zero-order valence-electron chi connectivity index (χ0n) is 12.3. The molecule has 0 aliphatic carbocycles. The van der Waals surface area contributed by atoms with Gasteiger partial charge in [0, 0.05) is 18.5 Å². The Hall–Kier alpha value is -2.29. The average molecular weight is 283 g/mol. The van der Waals surface area contributed by atoms with E-state index in [1.165, 1.54) is 0 Å². The molecular weight excluding hydrogens is 262 g/mol. The van der Waals surface area contributed by atoms with Crippen molar-refractivity contribution in [2.24, 2.45) is 0 Å². The number of anilines is 1. The van der Waals surface area contributed by atoms with Gasteiger partial charge in [-0.15, -0.1) is 0 Å². The van der Waals surface area contributed by atoms with Crippen molar-refractivity contribution < 1.29 is 9.53 Å². The van der Waals surface area contributed by atoms with Crippen LogP contribution in [0.1, 0.15) is 24.0 Å². The number of nitrogen functional groups attached to an aromatic ring is 1. The van der Waals surface area contributed by atoms with Gasteiger partial charge in [0.1, 0.15) is 11.5 Å². The topological polar surface area (TPSA) is 52.3 Å². The molecule has 0 atom stereocenters. The van der Waals surface area contributed by atoms with E-state index in [-0.39, 0.29) is 5.78 Å². The van der Waals surface area contributed by atoms with Crippen LogP contribution < -0.4 is 10.5 Å². The molecule has 0 aromatic heterocycles. The molecule has 0 unspecified atom stereocenters. The molecule has 21 heavy (non-hydrogen) atoms. The molecule has 0 heterocycles. The van der Waals surface area contributed by atoms with Crippen molar-refractivity contribution in [3.05, 3.63) is 59.7 Å². The van der Waals surface area contributed by atoms with Crippen LogP contribution in [-0.2, 0) is 17.6 Å². The number of carbonyl (C=O) groups is 1. The Kier molecular flexibility index (Phi) is 5.38. The van der Waals surface area contributed by atoms with Crippen molar-refractivity contribution in [1.82, 2.24) is 0 Å². The molecule has 110 valence electrons. The van der Waals surface area contributed by atoms with Crippen LogP contribution in [0.5, 0.6) is 5.75 Å². The molecule has 3 heteroatoms. The third-order valence-corrected chi connectivity index (χ3v) is 3.50. The van der Waals surface area contributed by atoms with Gasteiger partial charge in [0.15, 0.2) is 0 Å². The first kappa shape index (κ1) is 15.1. The molecule has 0 radical (unpaired) electrons. The second kappa shape index (κ2) is 7.48. The molecule has 0 aliphatic heterocycles. The third kappa shape index (κ3) is 4.95. The van der Waals surface area contributed by atoms with Gasteiger partial charge in [-0.1, -0.05) is 24.3 Å². The quantitative estimate of drug-likeness (QED) is 0.792. The number of nitrogens with two attached hydrogens (primary N) is 1. The molecule has 0 spiro atoms. The van der Waals surface area contributed by atoms with Crippen molar-refractivity contribution in [3.63, 3.8) is 0 Å². The summed E-state index contributed by atoms with van der Waals surface area (Å²) in [7, 11) is 1.65. The first-order chi connectivity index (χ1) is 10.2. The zero-order chi connectivity index (χ0) is 15.1. The molecule has 0 bridgehead atoms. The molecule has 0 saturated heterocycles. The number of benzene rings is 2. The lowest BCUT2D eigenvalue weighted by atomic mass is 10.0. The van der Waals surface area contributed by atoms with Crippen LogP contribution in [0, 0.1) is 0 Å². The lowest BCUT2D eigenvalue weighted by Gasteiger charge is -2.04. The monoisotopic (exact) mass is 283 g/mol. The standard InChI is InChI=1S/C18H21NO2/c1-21-18-11-7-14(8-12-18)5-9-17(20)10-6-15-3-2-4-16(19)13-15/h2-4,7-8,11-13H,5-6,9-10,19H2,1H3. The minimum atomic E-state index is 0.285. The van der Waals surface area contributed by atoms with E-state index >= 15 is 0 Å². The van der Waals surface area contributed by atoms with Gasteiger partial charge in [-0.25, -0.2) is 0 Å². The minimum absolute atomic E-state index is 0.285. The van der Waals surface area contributed by atoms with E-state index in [0.717, 1.165) is 35.4 Å². The summed E-state index contributed by atoms with van der Waals surface area (Å²) in [6, 6.07) is 15.6. The number of rotatable bonds is 7. The first-order valence-electron chi connectivity index (χ1n) is 7.16. The van der Waals surface area contributed by atoms with Gasteiger partial charge in [-0.2, -0.15) is 0 Å². The van der Waals surface area contributed by atoms with Gasteiger partial charge < -0.3 is 10.5 Å². The fourth-order valence-electron chi connectivity index (χ4n) is 2.23. The smallest absolute Gasteiger partial charge is 0.133 e. The van der Waals surface area contributed by atoms with Crippen molar-refractivity contribution >= 4 is 11.5 Å². The van der Waals surface area contributed by atoms with Crippen LogP contribution in [0.25, 0.3) is 0 Å². The minimum Gasteiger partial charge on any atom is -0.497 e. The SMILES string of the molecule is COc1ccc(CCC(=O)CCc2cccc(N)c2)cc1. The van der Waals surface area contributed by atoms with Gasteiger partial charge in [-0.05, 0) is 48.2 Å². The van der Waals surface area contributed by atoms with Gasteiger partial charge in [0.25, 0.3) is 0 Å². The second-order valence-electron chi connectivity index (χ2n) is 5.13. The summed E-state index contributed by atoms with van der Waals surface area (Å²) in [5, 5.41) is 0. The fraction of sp³-hybridized carbons (Fsp3) is 0.278. The first-order valence-corrected chi connectivity index (χ1v) is 7.16. The van der Waals surface area contributed by atoms with Crippen LogP contribution in [-0.4, -0.2) is 12.9 Å². The van der Waals surface area contributed by atoms with Crippen LogP contribution in [0.4, 0.5) is 5.69 Å². The molecule has 2 N–H and O–H groups in total. The Labute approximate surface area is 125 Å². The summed E-state index contributed by atoms with van der Waals surface area (Å²) in [6.07, 6.45) is 2.68. The van der Waals surface area contributed by atoms with Gasteiger partial charge in [0.2, 0.25) is 0 Å². The van der Waals surface area contributed by atoms with Crippen molar-refractivity contribution in [1.29, 1.82) is 0 Å². The van der Waals surface area contributed by atoms with Gasteiger partial charge >= 0.3 is 0 Å². The highest BCUT2D eigenvalue weighted by atomic mass is 16.5. The molecule has 2 rings (SSSR count). The van der Waals surface area contributed by atoms with Crippen LogP contribution in [0.15, 0.2) is 48.5 Å². The van der Waals surface area contributed by atoms with Crippen molar-refractivity contribution in [2.45, 2.75) is 25.7 Å². The number of Topliss-reactive ketones (excluding diaryl/α,β-unsaturated/α-hetero) is 1. The van der Waals surface area contributed by atoms with E-state index in [9.17, 15) is 4.79 Å². The summed E-state index contributed by atoms with van der Waals surface area (Å²) >= 11 is 0. The number of ether oxygens (including phenoxy) is 1.